The topological polar surface area (TPSA) is 58.2 Å². The number of rotatable bonds is 4. The lowest BCUT2D eigenvalue weighted by Gasteiger charge is -2.12. The number of halogens is 4. The largest absolute Gasteiger partial charge is 0.319 e. The van der Waals surface area contributed by atoms with Crippen molar-refractivity contribution in [2.45, 2.75) is 13.3 Å². The van der Waals surface area contributed by atoms with E-state index in [0.717, 1.165) is 17.7 Å². The average Bonchev–Trinajstić information content (AvgIpc) is 2.53. The molecule has 8 heteroatoms. The number of aryl methyl sites for hydroxylation is 1. The number of amides is 2. The van der Waals surface area contributed by atoms with Crippen molar-refractivity contribution in [3.05, 3.63) is 59.2 Å². The van der Waals surface area contributed by atoms with E-state index >= 15 is 0 Å². The molecule has 0 aliphatic rings. The minimum atomic E-state index is -3.36. The first kappa shape index (κ1) is 17.5. The second-order valence-corrected chi connectivity index (χ2v) is 4.90. The molecule has 0 saturated carbocycles. The summed E-state index contributed by atoms with van der Waals surface area (Å²) in [5, 5.41) is 3.65. The van der Waals surface area contributed by atoms with Gasteiger partial charge in [0, 0.05) is 5.56 Å². The molecule has 0 aromatic heterocycles. The Balaban J connectivity index is 2.29. The third kappa shape index (κ3) is 3.89. The zero-order chi connectivity index (χ0) is 17.9. The molecule has 0 saturated heterocycles. The molecular weight excluding hydrogens is 328 g/mol. The van der Waals surface area contributed by atoms with Crippen LogP contribution in [0.3, 0.4) is 0 Å². The lowest BCUT2D eigenvalue weighted by atomic mass is 10.1. The minimum absolute atomic E-state index is 0.163. The third-order valence-corrected chi connectivity index (χ3v) is 3.07. The summed E-state index contributed by atoms with van der Waals surface area (Å²) in [6, 6.07) is 7.81. The summed E-state index contributed by atoms with van der Waals surface area (Å²) in [4.78, 5) is 23.0. The molecule has 0 bridgehead atoms. The number of alkyl halides is 2. The van der Waals surface area contributed by atoms with Gasteiger partial charge < -0.3 is 10.6 Å². The van der Waals surface area contributed by atoms with Gasteiger partial charge in [-0.2, -0.15) is 8.78 Å². The highest BCUT2D eigenvalue weighted by molar-refractivity contribution is 6.05. The Morgan fingerprint density at radius 3 is 2.38 bits per heavy atom. The molecule has 0 unspecified atom stereocenters. The maximum atomic E-state index is 14.2. The number of hydrogen-bond donors (Lipinski definition) is 2. The fraction of sp³-hybridized carbons (Fsp3) is 0.125. The van der Waals surface area contributed by atoms with E-state index in [2.05, 4.69) is 0 Å². The zero-order valence-corrected chi connectivity index (χ0v) is 12.4. The Morgan fingerprint density at radius 1 is 1.04 bits per heavy atom. The van der Waals surface area contributed by atoms with Crippen LogP contribution in [-0.2, 0) is 4.79 Å². The number of hydrogen-bond acceptors (Lipinski definition) is 2. The van der Waals surface area contributed by atoms with Crippen LogP contribution in [-0.4, -0.2) is 18.2 Å². The average molecular weight is 340 g/mol. The summed E-state index contributed by atoms with van der Waals surface area (Å²) in [6.45, 7) is 1.73. The van der Waals surface area contributed by atoms with Crippen molar-refractivity contribution < 1.29 is 27.2 Å². The SMILES string of the molecule is Cc1cccc(C(=O)Nc2c(F)ccc(NC(=O)C(F)F)c2F)c1. The molecule has 126 valence electrons. The first-order valence-corrected chi connectivity index (χ1v) is 6.74. The van der Waals surface area contributed by atoms with Crippen LogP contribution in [0.5, 0.6) is 0 Å². The van der Waals surface area contributed by atoms with E-state index in [0.29, 0.717) is 0 Å². The van der Waals surface area contributed by atoms with Crippen LogP contribution in [0.4, 0.5) is 28.9 Å². The van der Waals surface area contributed by atoms with Crippen molar-refractivity contribution >= 4 is 23.2 Å². The third-order valence-electron chi connectivity index (χ3n) is 3.07. The Bertz CT molecular complexity index is 794. The van der Waals surface area contributed by atoms with E-state index in [1.54, 1.807) is 24.4 Å². The zero-order valence-electron chi connectivity index (χ0n) is 12.4. The molecule has 2 rings (SSSR count). The van der Waals surface area contributed by atoms with Gasteiger partial charge >= 0.3 is 6.43 Å². The van der Waals surface area contributed by atoms with Gasteiger partial charge in [0.15, 0.2) is 5.82 Å². The maximum absolute atomic E-state index is 14.2. The summed E-state index contributed by atoms with van der Waals surface area (Å²) >= 11 is 0. The van der Waals surface area contributed by atoms with Crippen LogP contribution in [0.1, 0.15) is 15.9 Å². The Labute approximate surface area is 134 Å². The summed E-state index contributed by atoms with van der Waals surface area (Å²) in [5.74, 6) is -4.99. The van der Waals surface area contributed by atoms with Crippen LogP contribution in [0.15, 0.2) is 36.4 Å². The van der Waals surface area contributed by atoms with Crippen LogP contribution < -0.4 is 10.6 Å². The molecule has 0 radical (unpaired) electrons. The van der Waals surface area contributed by atoms with E-state index in [-0.39, 0.29) is 5.56 Å². The molecule has 24 heavy (non-hydrogen) atoms. The monoisotopic (exact) mass is 340 g/mol. The highest BCUT2D eigenvalue weighted by Gasteiger charge is 2.21. The van der Waals surface area contributed by atoms with Gasteiger partial charge in [-0.1, -0.05) is 17.7 Å². The first-order chi connectivity index (χ1) is 11.3. The highest BCUT2D eigenvalue weighted by Crippen LogP contribution is 2.26. The molecule has 2 amide bonds. The summed E-state index contributed by atoms with van der Waals surface area (Å²) in [5.41, 5.74) is -0.577. The van der Waals surface area contributed by atoms with Crippen LogP contribution in [0.2, 0.25) is 0 Å². The van der Waals surface area contributed by atoms with Crippen molar-refractivity contribution in [2.75, 3.05) is 10.6 Å². The Hall–Kier alpha value is -2.90. The van der Waals surface area contributed by atoms with E-state index in [4.69, 9.17) is 0 Å². The Kier molecular flexibility index (Phi) is 5.18. The van der Waals surface area contributed by atoms with Gasteiger partial charge in [-0.3, -0.25) is 9.59 Å². The van der Waals surface area contributed by atoms with Crippen LogP contribution >= 0.6 is 0 Å². The molecule has 0 aliphatic heterocycles. The predicted molar refractivity (Wildman–Crippen MR) is 80.1 cm³/mol. The predicted octanol–water partition coefficient (Wildman–Crippen LogP) is 3.73. The minimum Gasteiger partial charge on any atom is -0.319 e. The summed E-state index contributed by atoms with van der Waals surface area (Å²) < 4.78 is 52.4. The van der Waals surface area contributed by atoms with Gasteiger partial charge in [0.1, 0.15) is 11.5 Å². The van der Waals surface area contributed by atoms with Gasteiger partial charge in [-0.05, 0) is 31.2 Å². The van der Waals surface area contributed by atoms with Crippen molar-refractivity contribution in [3.63, 3.8) is 0 Å². The first-order valence-electron chi connectivity index (χ1n) is 6.74. The molecule has 2 N–H and O–H groups in total. The van der Waals surface area contributed by atoms with Gasteiger partial charge in [-0.25, -0.2) is 8.78 Å². The number of carbonyl (C=O) groups excluding carboxylic acids is 2. The molecule has 0 spiro atoms. The number of anilines is 2. The fourth-order valence-electron chi connectivity index (χ4n) is 1.92. The van der Waals surface area contributed by atoms with E-state index in [9.17, 15) is 27.2 Å². The second-order valence-electron chi connectivity index (χ2n) is 4.90. The number of benzene rings is 2. The van der Waals surface area contributed by atoms with Gasteiger partial charge in [0.2, 0.25) is 0 Å². The number of nitrogens with one attached hydrogen (secondary N) is 2. The smallest absolute Gasteiger partial charge is 0.315 e. The lowest BCUT2D eigenvalue weighted by molar-refractivity contribution is -0.126. The molecule has 4 nitrogen and oxygen atoms in total. The van der Waals surface area contributed by atoms with Crippen molar-refractivity contribution in [1.82, 2.24) is 0 Å². The lowest BCUT2D eigenvalue weighted by Crippen LogP contribution is -2.22. The normalized spacial score (nSPS) is 10.6. The van der Waals surface area contributed by atoms with Crippen LogP contribution in [0.25, 0.3) is 0 Å². The molecule has 2 aromatic carbocycles. The summed E-state index contributed by atoms with van der Waals surface area (Å²) in [6.07, 6.45) is -3.36. The van der Waals surface area contributed by atoms with Gasteiger partial charge in [0.25, 0.3) is 11.8 Å². The standard InChI is InChI=1S/C16H12F4N2O2/c1-8-3-2-4-9(7-8)15(23)22-13-10(17)5-6-11(12(13)18)21-16(24)14(19)20/h2-7,14H,1H3,(H,21,24)(H,22,23). The van der Waals surface area contributed by atoms with Gasteiger partial charge in [-0.15, -0.1) is 0 Å². The molecule has 0 atom stereocenters. The summed E-state index contributed by atoms with van der Waals surface area (Å²) in [7, 11) is 0. The van der Waals surface area contributed by atoms with Crippen molar-refractivity contribution in [1.29, 1.82) is 0 Å². The Morgan fingerprint density at radius 2 is 1.75 bits per heavy atom. The molecule has 0 fully saturated rings. The van der Waals surface area contributed by atoms with E-state index < -0.39 is 41.2 Å². The fourth-order valence-corrected chi connectivity index (χ4v) is 1.92. The van der Waals surface area contributed by atoms with Gasteiger partial charge in [0.05, 0.1) is 5.69 Å². The molecular formula is C16H12F4N2O2. The maximum Gasteiger partial charge on any atom is 0.315 e. The highest BCUT2D eigenvalue weighted by atomic mass is 19.3. The second kappa shape index (κ2) is 7.12. The van der Waals surface area contributed by atoms with E-state index in [1.807, 2.05) is 5.32 Å². The van der Waals surface area contributed by atoms with Crippen LogP contribution in [0, 0.1) is 18.6 Å². The van der Waals surface area contributed by atoms with Crippen molar-refractivity contribution in [3.8, 4) is 0 Å². The molecule has 2 aromatic rings. The van der Waals surface area contributed by atoms with Crippen molar-refractivity contribution in [2.24, 2.45) is 0 Å². The molecule has 0 heterocycles. The van der Waals surface area contributed by atoms with E-state index in [1.165, 1.54) is 12.1 Å². The molecule has 0 aliphatic carbocycles. The number of carbonyl (C=O) groups is 2. The quantitative estimate of drug-likeness (QED) is 0.833.